The maximum Gasteiger partial charge on any atom is 0.397 e. The number of ether oxygens (including phenoxy) is 2. The zero-order chi connectivity index (χ0) is 80.3. The molecule has 4 saturated carbocycles. The Kier molecular flexibility index (Phi) is 30.3. The Hall–Kier alpha value is -7.26. The summed E-state index contributed by atoms with van der Waals surface area (Å²) in [6, 6.07) is -11.4. The van der Waals surface area contributed by atoms with Gasteiger partial charge in [-0.25, -0.2) is 8.78 Å². The molecule has 109 heavy (non-hydrogen) atoms. The van der Waals surface area contributed by atoms with Crippen molar-refractivity contribution >= 4 is 70.9 Å². The van der Waals surface area contributed by atoms with Crippen molar-refractivity contribution in [3.63, 3.8) is 0 Å². The SMILES string of the molecule is CCO[C@@H]1C[C@H]2C(=O)NC3(CCC3)C(=O)N(C)[C@@H](C3CCCC3)C(=O)N(C)[C@H](C(=O)N3CCOCC3)CC(=O)N(C)[C@@H](CC)C(=O)N[C@@H]([C@@H](C)CC)C(=O)N(C)CC(=O)N(C)[C@H]3C/C=C\CCN(C3=O)[C@@H](CC3CCC(C(F)(F)F)CC3)C(=O)N(C)CC(=O)N[C@@H](CCC3CC(F)C(C(F)(F)F)C(F)C3)C(=O)N2C1. The molecule has 2 unspecified atom stereocenters. The van der Waals surface area contributed by atoms with Crippen molar-refractivity contribution < 1.29 is 102 Å². The molecule has 12 atom stereocenters. The number of carbonyl (C=O) groups excluding carboxylic acids is 12. The molecular weight excluding hydrogens is 1440 g/mol. The number of fused-ring (bicyclic) bond motifs is 3. The predicted octanol–water partition coefficient (Wildman–Crippen LogP) is 5.49. The molecule has 7 fully saturated rings. The van der Waals surface area contributed by atoms with E-state index in [1.54, 1.807) is 39.8 Å². The van der Waals surface area contributed by atoms with Gasteiger partial charge in [-0.15, -0.1) is 0 Å². The van der Waals surface area contributed by atoms with Crippen molar-refractivity contribution in [3.05, 3.63) is 12.2 Å². The maximum absolute atomic E-state index is 15.7. The van der Waals surface area contributed by atoms with E-state index < -0.39 is 230 Å². The third-order valence-corrected chi connectivity index (χ3v) is 24.5. The molecular formula is C75H114F8N12O14. The predicted molar refractivity (Wildman–Crippen MR) is 381 cm³/mol. The van der Waals surface area contributed by atoms with Gasteiger partial charge < -0.3 is 69.5 Å². The third kappa shape index (κ3) is 20.9. The van der Waals surface area contributed by atoms with Gasteiger partial charge in [0.1, 0.15) is 72.1 Å². The molecule has 8 rings (SSSR count). The molecule has 2 bridgehead atoms. The van der Waals surface area contributed by atoms with E-state index >= 15 is 37.5 Å². The normalized spacial score (nSPS) is 32.6. The molecule has 34 heteroatoms. The molecule has 12 amide bonds. The molecule has 1 spiro atoms. The molecule has 26 nitrogen and oxygen atoms in total. The van der Waals surface area contributed by atoms with Gasteiger partial charge in [0, 0.05) is 81.5 Å². The number of hydrogen-bond donors (Lipinski definition) is 3. The van der Waals surface area contributed by atoms with Gasteiger partial charge in [0.25, 0.3) is 0 Å². The van der Waals surface area contributed by atoms with Crippen molar-refractivity contribution in [3.8, 4) is 0 Å². The summed E-state index contributed by atoms with van der Waals surface area (Å²) in [4.78, 5) is 192. The zero-order valence-electron chi connectivity index (χ0n) is 64.7. The molecule has 8 aliphatic rings. The number of nitrogens with zero attached hydrogens (tertiary/aromatic N) is 9. The number of carbonyl (C=O) groups is 12. The Labute approximate surface area is 633 Å². The van der Waals surface area contributed by atoms with E-state index in [-0.39, 0.29) is 123 Å². The first-order chi connectivity index (χ1) is 51.4. The quantitative estimate of drug-likeness (QED) is 0.161. The molecule has 3 saturated heterocycles. The number of alkyl halides is 8. The van der Waals surface area contributed by atoms with Crippen molar-refractivity contribution in [1.29, 1.82) is 0 Å². The summed E-state index contributed by atoms with van der Waals surface area (Å²) >= 11 is 0. The van der Waals surface area contributed by atoms with E-state index in [9.17, 15) is 55.1 Å². The van der Waals surface area contributed by atoms with Crippen LogP contribution in [0.4, 0.5) is 35.1 Å². The summed E-state index contributed by atoms with van der Waals surface area (Å²) in [5.41, 5.74) is -1.70. The first-order valence-electron chi connectivity index (χ1n) is 39.0. The number of nitrogens with one attached hydrogen (secondary N) is 3. The molecule has 4 heterocycles. The van der Waals surface area contributed by atoms with E-state index in [1.807, 2.05) is 0 Å². The van der Waals surface area contributed by atoms with Gasteiger partial charge >= 0.3 is 12.4 Å². The third-order valence-electron chi connectivity index (χ3n) is 24.5. The highest BCUT2D eigenvalue weighted by Crippen LogP contribution is 2.46. The fourth-order valence-electron chi connectivity index (χ4n) is 17.5. The minimum absolute atomic E-state index is 0.00567. The number of morpholine rings is 1. The van der Waals surface area contributed by atoms with Gasteiger partial charge in [0.05, 0.1) is 44.7 Å². The van der Waals surface area contributed by atoms with Crippen molar-refractivity contribution in [2.75, 3.05) is 101 Å². The second kappa shape index (κ2) is 37.8. The maximum atomic E-state index is 15.7. The molecule has 0 aromatic carbocycles. The van der Waals surface area contributed by atoms with Crippen LogP contribution in [-0.2, 0) is 67.0 Å². The van der Waals surface area contributed by atoms with E-state index in [1.165, 1.54) is 57.0 Å². The molecule has 4 aliphatic carbocycles. The number of hydrogen-bond acceptors (Lipinski definition) is 14. The lowest BCUT2D eigenvalue weighted by atomic mass is 9.74. The zero-order valence-corrected chi connectivity index (χ0v) is 64.7. The van der Waals surface area contributed by atoms with Gasteiger partial charge in [0.15, 0.2) is 0 Å². The minimum atomic E-state index is -5.22. The molecule has 4 aliphatic heterocycles. The molecule has 0 aromatic rings. The summed E-state index contributed by atoms with van der Waals surface area (Å²) in [5, 5.41) is 8.38. The second-order valence-electron chi connectivity index (χ2n) is 31.6. The lowest BCUT2D eigenvalue weighted by Crippen LogP contribution is -2.68. The molecule has 0 radical (unpaired) electrons. The van der Waals surface area contributed by atoms with Gasteiger partial charge in [0.2, 0.25) is 70.9 Å². The largest absolute Gasteiger partial charge is 0.397 e. The highest BCUT2D eigenvalue weighted by atomic mass is 19.4. The van der Waals surface area contributed by atoms with Crippen LogP contribution in [0.2, 0.25) is 0 Å². The lowest BCUT2D eigenvalue weighted by Gasteiger charge is -2.47. The minimum Gasteiger partial charge on any atom is -0.378 e. The Morgan fingerprint density at radius 1 is 0.633 bits per heavy atom. The summed E-state index contributed by atoms with van der Waals surface area (Å²) in [6.07, 6.45) is -13.3. The van der Waals surface area contributed by atoms with Crippen molar-refractivity contribution in [2.24, 2.45) is 35.5 Å². The summed E-state index contributed by atoms with van der Waals surface area (Å²) in [5.74, 6) is -16.8. The number of amides is 12. The Balaban J connectivity index is 1.20. The fraction of sp³-hybridized carbons (Fsp3) is 0.813. The Bertz CT molecular complexity index is 3260. The van der Waals surface area contributed by atoms with Gasteiger partial charge in [-0.3, -0.25) is 57.5 Å². The van der Waals surface area contributed by atoms with Crippen LogP contribution in [0, 0.1) is 35.5 Å². The van der Waals surface area contributed by atoms with E-state index in [2.05, 4.69) is 16.0 Å². The Morgan fingerprint density at radius 3 is 1.84 bits per heavy atom. The van der Waals surface area contributed by atoms with Crippen LogP contribution in [0.1, 0.15) is 169 Å². The van der Waals surface area contributed by atoms with Crippen LogP contribution in [0.5, 0.6) is 0 Å². The second-order valence-corrected chi connectivity index (χ2v) is 31.6. The first-order valence-corrected chi connectivity index (χ1v) is 39.0. The van der Waals surface area contributed by atoms with Crippen molar-refractivity contribution in [2.45, 2.75) is 254 Å². The summed E-state index contributed by atoms with van der Waals surface area (Å²) < 4.78 is 127. The molecule has 614 valence electrons. The summed E-state index contributed by atoms with van der Waals surface area (Å²) in [6.45, 7) is 5.36. The lowest BCUT2D eigenvalue weighted by molar-refractivity contribution is -0.219. The average Bonchev–Trinajstić information content (AvgIpc) is 1.64. The van der Waals surface area contributed by atoms with E-state index in [0.29, 0.717) is 38.5 Å². The van der Waals surface area contributed by atoms with Gasteiger partial charge in [-0.05, 0) is 140 Å². The van der Waals surface area contributed by atoms with Crippen LogP contribution in [0.3, 0.4) is 0 Å². The van der Waals surface area contributed by atoms with Crippen LogP contribution >= 0.6 is 0 Å². The van der Waals surface area contributed by atoms with Crippen molar-refractivity contribution in [1.82, 2.24) is 60.0 Å². The average molecular weight is 1560 g/mol. The first kappa shape index (κ1) is 87.3. The number of rotatable bonds is 12. The van der Waals surface area contributed by atoms with Crippen LogP contribution < -0.4 is 16.0 Å². The standard InChI is InChI=1S/C75H114F8N12O14/c1-11-44(4)62-70(105)88(6)43-60(98)90(8)54-22-15-14-18-31-94(69(54)104)57(38-45-23-26-48(27-24-45)74(78,79)80)67(102)87(5)42-58(96)84-52(28-25-46-36-50(76)61(51(77)37-46)75(81,82)83)66(101)95-41-49(109-13-3)39-55(95)65(100)86-73(29-19-30-73)72(107)92(10)63(47-20-16-17-21-47)71(106)91(9)56(68(103)93-32-34-108-35-33-93)40-59(97)89(7)53(12-2)64(99)85-62/h14-15,44-57,61-63H,11-13,16-43H2,1-10H3,(H,84,96)(H,85,99)(H,86,100)/b15-14-/t44-,45?,46?,48?,49+,50?,51?,52-,53-,54-,55-,56-,57-,61?,62-,63-/m0/s1. The topological polar surface area (TPSA) is 289 Å². The highest BCUT2D eigenvalue weighted by Gasteiger charge is 2.56. The highest BCUT2D eigenvalue weighted by molar-refractivity contribution is 6.01. The number of likely N-dealkylation sites (N-methyl/N-ethyl adjacent to an activating group) is 6. The van der Waals surface area contributed by atoms with Crippen LogP contribution in [0.25, 0.3) is 0 Å². The fourth-order valence-corrected chi connectivity index (χ4v) is 17.5. The smallest absolute Gasteiger partial charge is 0.378 e. The molecule has 0 aromatic heterocycles. The van der Waals surface area contributed by atoms with E-state index in [0.717, 1.165) is 29.4 Å². The van der Waals surface area contributed by atoms with E-state index in [4.69, 9.17) is 9.47 Å². The Morgan fingerprint density at radius 2 is 1.27 bits per heavy atom. The summed E-state index contributed by atoms with van der Waals surface area (Å²) in [7, 11) is 7.99. The van der Waals surface area contributed by atoms with Gasteiger partial charge in [-0.2, -0.15) is 26.3 Å². The van der Waals surface area contributed by atoms with Crippen LogP contribution in [-0.4, -0.2) is 301 Å². The van der Waals surface area contributed by atoms with Gasteiger partial charge in [-0.1, -0.05) is 52.2 Å². The molecule has 3 N–H and O–H groups in total. The monoisotopic (exact) mass is 1560 g/mol. The van der Waals surface area contributed by atoms with Crippen LogP contribution in [0.15, 0.2) is 12.2 Å². The number of halogens is 8.